The van der Waals surface area contributed by atoms with Crippen LogP contribution >= 0.6 is 0 Å². The molecule has 0 bridgehead atoms. The van der Waals surface area contributed by atoms with Gasteiger partial charge in [-0.1, -0.05) is 0 Å². The van der Waals surface area contributed by atoms with E-state index >= 15 is 0 Å². The second-order valence-corrected chi connectivity index (χ2v) is 5.23. The number of nitrogens with two attached hydrogens (primary N) is 1. The molecule has 0 aliphatic carbocycles. The third-order valence-corrected chi connectivity index (χ3v) is 2.19. The van der Waals surface area contributed by atoms with Crippen LogP contribution in [0.4, 0.5) is 10.6 Å². The molecule has 4 N–H and O–H groups in total. The van der Waals surface area contributed by atoms with Gasteiger partial charge in [-0.2, -0.15) is 0 Å². The zero-order valence-corrected chi connectivity index (χ0v) is 12.1. The van der Waals surface area contributed by atoms with Crippen LogP contribution in [-0.2, 0) is 9.53 Å². The molecule has 0 aliphatic rings. The summed E-state index contributed by atoms with van der Waals surface area (Å²) in [6, 6.07) is 1.89. The molecule has 0 aliphatic heterocycles. The highest BCUT2D eigenvalue weighted by Crippen LogP contribution is 2.17. The fraction of sp³-hybridized carbons (Fsp3) is 0.462. The zero-order valence-electron chi connectivity index (χ0n) is 12.1. The van der Waals surface area contributed by atoms with Gasteiger partial charge < -0.3 is 25.6 Å². The molecule has 8 nitrogen and oxygen atoms in total. The van der Waals surface area contributed by atoms with Gasteiger partial charge in [-0.3, -0.25) is 0 Å². The third-order valence-electron chi connectivity index (χ3n) is 2.19. The molecule has 1 rings (SSSR count). The second-order valence-electron chi connectivity index (χ2n) is 5.23. The number of amides is 1. The largest absolute Gasteiger partial charge is 0.487 e. The van der Waals surface area contributed by atoms with Gasteiger partial charge in [0.2, 0.25) is 0 Å². The standard InChI is InChI=1S/C13H19N3O5/c1-13(2,3)21-12(19)16-8(11(17)18)7-20-9-5-4-6-15-10(9)14/h4-6,8H,7H2,1-3H3,(H2,14,15)(H,16,19)(H,17,18). The SMILES string of the molecule is CC(C)(C)OC(=O)NC(COc1cccnc1N)C(=O)O. The lowest BCUT2D eigenvalue weighted by atomic mass is 10.2. The summed E-state index contributed by atoms with van der Waals surface area (Å²) in [5, 5.41) is 11.3. The molecule has 1 heterocycles. The summed E-state index contributed by atoms with van der Waals surface area (Å²) in [6.07, 6.45) is 0.646. The average Bonchev–Trinajstić information content (AvgIpc) is 2.33. The molecular formula is C13H19N3O5. The topological polar surface area (TPSA) is 124 Å². The average molecular weight is 297 g/mol. The van der Waals surface area contributed by atoms with Crippen LogP contribution in [0.3, 0.4) is 0 Å². The molecule has 8 heteroatoms. The van der Waals surface area contributed by atoms with Crippen LogP contribution in [0.15, 0.2) is 18.3 Å². The lowest BCUT2D eigenvalue weighted by Crippen LogP contribution is -2.46. The number of nitrogens with one attached hydrogen (secondary N) is 1. The van der Waals surface area contributed by atoms with Crippen molar-refractivity contribution in [1.29, 1.82) is 0 Å². The number of carboxylic acids is 1. The Kier molecular flexibility index (Phi) is 5.34. The lowest BCUT2D eigenvalue weighted by molar-refractivity contribution is -0.140. The first-order valence-corrected chi connectivity index (χ1v) is 6.24. The number of pyridine rings is 1. The predicted octanol–water partition coefficient (Wildman–Crippen LogP) is 1.02. The van der Waals surface area contributed by atoms with Crippen LogP contribution in [0.1, 0.15) is 20.8 Å². The smallest absolute Gasteiger partial charge is 0.408 e. The van der Waals surface area contributed by atoms with E-state index in [4.69, 9.17) is 20.3 Å². The van der Waals surface area contributed by atoms with Crippen molar-refractivity contribution >= 4 is 17.9 Å². The van der Waals surface area contributed by atoms with Crippen molar-refractivity contribution in [3.05, 3.63) is 18.3 Å². The number of hydrogen-bond donors (Lipinski definition) is 3. The van der Waals surface area contributed by atoms with Gasteiger partial charge in [0.15, 0.2) is 17.6 Å². The van der Waals surface area contributed by atoms with Gasteiger partial charge in [0.1, 0.15) is 12.2 Å². The first-order valence-electron chi connectivity index (χ1n) is 6.24. The quantitative estimate of drug-likeness (QED) is 0.741. The van der Waals surface area contributed by atoms with E-state index in [1.165, 1.54) is 6.20 Å². The van der Waals surface area contributed by atoms with E-state index in [-0.39, 0.29) is 18.2 Å². The predicted molar refractivity (Wildman–Crippen MR) is 74.9 cm³/mol. The van der Waals surface area contributed by atoms with Crippen molar-refractivity contribution in [3.63, 3.8) is 0 Å². The Balaban J connectivity index is 2.61. The van der Waals surface area contributed by atoms with Crippen LogP contribution < -0.4 is 15.8 Å². The van der Waals surface area contributed by atoms with Crippen LogP contribution in [-0.4, -0.2) is 40.4 Å². The maximum atomic E-state index is 11.6. The van der Waals surface area contributed by atoms with E-state index in [2.05, 4.69) is 10.3 Å². The maximum Gasteiger partial charge on any atom is 0.408 e. The van der Waals surface area contributed by atoms with Gasteiger partial charge in [0.25, 0.3) is 0 Å². The van der Waals surface area contributed by atoms with E-state index in [1.807, 2.05) is 0 Å². The Hall–Kier alpha value is -2.51. The van der Waals surface area contributed by atoms with E-state index in [1.54, 1.807) is 32.9 Å². The molecular weight excluding hydrogens is 278 g/mol. The number of nitrogen functional groups attached to an aromatic ring is 1. The maximum absolute atomic E-state index is 11.6. The molecule has 1 amide bonds. The summed E-state index contributed by atoms with van der Waals surface area (Å²) < 4.78 is 10.2. The number of carbonyl (C=O) groups excluding carboxylic acids is 1. The molecule has 0 fully saturated rings. The van der Waals surface area contributed by atoms with E-state index in [0.29, 0.717) is 0 Å². The zero-order chi connectivity index (χ0) is 16.0. The Bertz CT molecular complexity index is 513. The highest BCUT2D eigenvalue weighted by Gasteiger charge is 2.24. The molecule has 0 saturated heterocycles. The van der Waals surface area contributed by atoms with Crippen LogP contribution in [0.5, 0.6) is 5.75 Å². The monoisotopic (exact) mass is 297 g/mol. The lowest BCUT2D eigenvalue weighted by Gasteiger charge is -2.22. The Labute approximate surface area is 122 Å². The molecule has 1 aromatic heterocycles. The van der Waals surface area contributed by atoms with Crippen molar-refractivity contribution in [3.8, 4) is 5.75 Å². The number of anilines is 1. The van der Waals surface area contributed by atoms with Gasteiger partial charge in [-0.25, -0.2) is 14.6 Å². The van der Waals surface area contributed by atoms with Crippen molar-refractivity contribution in [2.24, 2.45) is 0 Å². The van der Waals surface area contributed by atoms with E-state index in [0.717, 1.165) is 0 Å². The Morgan fingerprint density at radius 2 is 2.14 bits per heavy atom. The third kappa shape index (κ3) is 5.98. The fourth-order valence-electron chi connectivity index (χ4n) is 1.32. The summed E-state index contributed by atoms with van der Waals surface area (Å²) in [7, 11) is 0. The summed E-state index contributed by atoms with van der Waals surface area (Å²) in [5.74, 6) is -0.864. The molecule has 0 aromatic carbocycles. The van der Waals surface area contributed by atoms with Gasteiger partial charge in [-0.05, 0) is 32.9 Å². The minimum Gasteiger partial charge on any atom is -0.487 e. The number of alkyl carbamates (subject to hydrolysis) is 1. The number of hydrogen-bond acceptors (Lipinski definition) is 6. The summed E-state index contributed by atoms with van der Waals surface area (Å²) in [4.78, 5) is 26.5. The van der Waals surface area contributed by atoms with E-state index in [9.17, 15) is 9.59 Å². The van der Waals surface area contributed by atoms with Crippen LogP contribution in [0, 0.1) is 0 Å². The van der Waals surface area contributed by atoms with E-state index < -0.39 is 23.7 Å². The van der Waals surface area contributed by atoms with Crippen molar-refractivity contribution in [2.75, 3.05) is 12.3 Å². The number of rotatable bonds is 5. The van der Waals surface area contributed by atoms with Crippen LogP contribution in [0.25, 0.3) is 0 Å². The number of nitrogens with zero attached hydrogens (tertiary/aromatic N) is 1. The van der Waals surface area contributed by atoms with Gasteiger partial charge in [0.05, 0.1) is 0 Å². The van der Waals surface area contributed by atoms with Gasteiger partial charge in [0, 0.05) is 6.20 Å². The van der Waals surface area contributed by atoms with Crippen molar-refractivity contribution < 1.29 is 24.2 Å². The first kappa shape index (κ1) is 16.5. The number of aromatic nitrogens is 1. The van der Waals surface area contributed by atoms with Crippen molar-refractivity contribution in [1.82, 2.24) is 10.3 Å². The number of aliphatic carboxylic acids is 1. The summed E-state index contributed by atoms with van der Waals surface area (Å²) in [6.45, 7) is 4.73. The molecule has 1 aromatic rings. The molecule has 0 radical (unpaired) electrons. The number of carbonyl (C=O) groups is 2. The minimum atomic E-state index is -1.26. The molecule has 1 atom stereocenters. The summed E-state index contributed by atoms with van der Waals surface area (Å²) in [5.41, 5.74) is 4.85. The minimum absolute atomic E-state index is 0.138. The van der Waals surface area contributed by atoms with Gasteiger partial charge >= 0.3 is 12.1 Å². The molecule has 1 unspecified atom stereocenters. The normalized spacial score (nSPS) is 12.3. The number of carboxylic acid groups (broad SMARTS) is 1. The highest BCUT2D eigenvalue weighted by atomic mass is 16.6. The fourth-order valence-corrected chi connectivity index (χ4v) is 1.32. The van der Waals surface area contributed by atoms with Crippen LogP contribution in [0.2, 0.25) is 0 Å². The molecule has 0 saturated carbocycles. The molecule has 21 heavy (non-hydrogen) atoms. The van der Waals surface area contributed by atoms with Gasteiger partial charge in [-0.15, -0.1) is 0 Å². The first-order chi connectivity index (χ1) is 9.69. The Morgan fingerprint density at radius 3 is 2.67 bits per heavy atom. The number of ether oxygens (including phenoxy) is 2. The molecule has 116 valence electrons. The second kappa shape index (κ2) is 6.78. The van der Waals surface area contributed by atoms with Crippen molar-refractivity contribution in [2.45, 2.75) is 32.4 Å². The Morgan fingerprint density at radius 1 is 1.48 bits per heavy atom. The highest BCUT2D eigenvalue weighted by molar-refractivity contribution is 5.80. The summed E-state index contributed by atoms with van der Waals surface area (Å²) >= 11 is 0. The molecule has 0 spiro atoms.